The average molecular weight is 477 g/mol. The van der Waals surface area contributed by atoms with E-state index >= 15 is 0 Å². The van der Waals surface area contributed by atoms with Crippen molar-refractivity contribution in [3.63, 3.8) is 0 Å². The Morgan fingerprint density at radius 2 is 1.74 bits per heavy atom. The zero-order chi connectivity index (χ0) is 24.4. The topological polar surface area (TPSA) is 121 Å². The van der Waals surface area contributed by atoms with Gasteiger partial charge in [-0.15, -0.1) is 0 Å². The van der Waals surface area contributed by atoms with Crippen LogP contribution in [0, 0.1) is 18.3 Å². The van der Waals surface area contributed by atoms with Gasteiger partial charge in [0.15, 0.2) is 6.61 Å². The Hall–Kier alpha value is -4.00. The van der Waals surface area contributed by atoms with E-state index in [2.05, 4.69) is 15.2 Å². The monoisotopic (exact) mass is 476 g/mol. The average Bonchev–Trinajstić information content (AvgIpc) is 2.84. The molecule has 3 aromatic carbocycles. The van der Waals surface area contributed by atoms with Gasteiger partial charge in [0.2, 0.25) is 15.9 Å². The van der Waals surface area contributed by atoms with Crippen molar-refractivity contribution in [3.8, 4) is 11.8 Å². The van der Waals surface area contributed by atoms with Gasteiger partial charge in [0.1, 0.15) is 11.8 Å². The lowest BCUT2D eigenvalue weighted by molar-refractivity contribution is -0.121. The normalized spacial score (nSPS) is 12.1. The molecule has 174 valence electrons. The molecule has 0 aliphatic rings. The number of aryl methyl sites for hydroxylation is 1. The minimum Gasteiger partial charge on any atom is -0.479 e. The fourth-order valence-corrected chi connectivity index (χ4v) is 4.29. The molecule has 0 radical (unpaired) electrons. The summed E-state index contributed by atoms with van der Waals surface area (Å²) in [5, 5.41) is 12.5. The van der Waals surface area contributed by atoms with E-state index in [-0.39, 0.29) is 17.9 Å². The van der Waals surface area contributed by atoms with E-state index in [9.17, 15) is 13.2 Å². The van der Waals surface area contributed by atoms with Crippen LogP contribution in [0.4, 0.5) is 0 Å². The van der Waals surface area contributed by atoms with E-state index in [1.165, 1.54) is 18.3 Å². The van der Waals surface area contributed by atoms with Gasteiger partial charge in [0.25, 0.3) is 0 Å². The summed E-state index contributed by atoms with van der Waals surface area (Å²) in [5.41, 5.74) is 4.75. The van der Waals surface area contributed by atoms with E-state index < -0.39 is 22.0 Å². The number of hydrogen-bond acceptors (Lipinski definition) is 6. The van der Waals surface area contributed by atoms with Crippen LogP contribution < -0.4 is 14.9 Å². The van der Waals surface area contributed by atoms with Crippen molar-refractivity contribution in [2.24, 2.45) is 5.10 Å². The van der Waals surface area contributed by atoms with E-state index in [0.717, 1.165) is 5.56 Å². The number of benzene rings is 3. The Bertz CT molecular complexity index is 1270. The predicted octanol–water partition coefficient (Wildman–Crippen LogP) is 3.46. The van der Waals surface area contributed by atoms with Crippen LogP contribution in [0.15, 0.2) is 88.9 Å². The summed E-state index contributed by atoms with van der Waals surface area (Å²) >= 11 is 0. The highest BCUT2D eigenvalue weighted by Crippen LogP contribution is 2.21. The summed E-state index contributed by atoms with van der Waals surface area (Å²) in [4.78, 5) is 12.7. The molecule has 3 rings (SSSR count). The molecule has 0 spiro atoms. The van der Waals surface area contributed by atoms with Gasteiger partial charge in [-0.05, 0) is 54.4 Å². The highest BCUT2D eigenvalue weighted by atomic mass is 32.2. The summed E-state index contributed by atoms with van der Waals surface area (Å²) in [7, 11) is -3.84. The van der Waals surface area contributed by atoms with Crippen LogP contribution in [0.25, 0.3) is 0 Å². The van der Waals surface area contributed by atoms with Crippen LogP contribution in [-0.4, -0.2) is 27.1 Å². The van der Waals surface area contributed by atoms with Crippen molar-refractivity contribution in [2.75, 3.05) is 6.61 Å². The molecule has 0 aromatic heterocycles. The SMILES string of the molecule is Cc1ccc(S(=O)(=O)NC(CC(=O)NN=Cc2ccc(OCC#N)cc2)c2ccccc2)cc1. The van der Waals surface area contributed by atoms with E-state index in [4.69, 9.17) is 10.00 Å². The second kappa shape index (κ2) is 11.7. The van der Waals surface area contributed by atoms with Crippen molar-refractivity contribution < 1.29 is 17.9 Å². The largest absolute Gasteiger partial charge is 0.479 e. The number of hydrazone groups is 1. The second-order valence-electron chi connectivity index (χ2n) is 7.41. The van der Waals surface area contributed by atoms with Gasteiger partial charge < -0.3 is 4.74 Å². The Kier molecular flexibility index (Phi) is 8.51. The molecule has 0 bridgehead atoms. The quantitative estimate of drug-likeness (QED) is 0.343. The molecule has 8 nitrogen and oxygen atoms in total. The number of amides is 1. The Morgan fingerprint density at radius 3 is 2.38 bits per heavy atom. The summed E-state index contributed by atoms with van der Waals surface area (Å²) in [6.07, 6.45) is 1.31. The third kappa shape index (κ3) is 7.27. The van der Waals surface area contributed by atoms with Gasteiger partial charge in [0.05, 0.1) is 17.2 Å². The molecule has 34 heavy (non-hydrogen) atoms. The molecule has 0 saturated carbocycles. The number of rotatable bonds is 10. The van der Waals surface area contributed by atoms with Crippen LogP contribution in [0.1, 0.15) is 29.2 Å². The maximum atomic E-state index is 12.9. The third-order valence-electron chi connectivity index (χ3n) is 4.81. The first-order valence-corrected chi connectivity index (χ1v) is 11.9. The number of carbonyl (C=O) groups excluding carboxylic acids is 1. The van der Waals surface area contributed by atoms with Crippen LogP contribution in [-0.2, 0) is 14.8 Å². The lowest BCUT2D eigenvalue weighted by atomic mass is 10.0. The van der Waals surface area contributed by atoms with Crippen LogP contribution >= 0.6 is 0 Å². The minimum atomic E-state index is -3.84. The van der Waals surface area contributed by atoms with Gasteiger partial charge in [-0.2, -0.15) is 10.4 Å². The number of ether oxygens (including phenoxy) is 1. The summed E-state index contributed by atoms with van der Waals surface area (Å²) in [6, 6.07) is 23.3. The van der Waals surface area contributed by atoms with Gasteiger partial charge >= 0.3 is 0 Å². The molecule has 0 heterocycles. The number of carbonyl (C=O) groups is 1. The first-order chi connectivity index (χ1) is 16.4. The smallest absolute Gasteiger partial charge is 0.242 e. The number of nitriles is 1. The van der Waals surface area contributed by atoms with Crippen molar-refractivity contribution in [3.05, 3.63) is 95.6 Å². The molecule has 0 aliphatic heterocycles. The lowest BCUT2D eigenvalue weighted by Gasteiger charge is -2.18. The molecule has 1 unspecified atom stereocenters. The van der Waals surface area contributed by atoms with Gasteiger partial charge in [0, 0.05) is 6.42 Å². The first kappa shape index (κ1) is 24.6. The van der Waals surface area contributed by atoms with Crippen molar-refractivity contribution in [1.82, 2.24) is 10.1 Å². The fraction of sp³-hybridized carbons (Fsp3) is 0.160. The lowest BCUT2D eigenvalue weighted by Crippen LogP contribution is -2.32. The van der Waals surface area contributed by atoms with Gasteiger partial charge in [-0.3, -0.25) is 4.79 Å². The molecule has 0 aliphatic carbocycles. The maximum Gasteiger partial charge on any atom is 0.242 e. The zero-order valence-electron chi connectivity index (χ0n) is 18.5. The standard InChI is InChI=1S/C25H24N4O4S/c1-19-7-13-23(14-8-19)34(31,32)29-24(21-5-3-2-4-6-21)17-25(30)28-27-18-20-9-11-22(12-10-20)33-16-15-26/h2-14,18,24,29H,16-17H2,1H3,(H,28,30). The summed E-state index contributed by atoms with van der Waals surface area (Å²) < 4.78 is 33.6. The molecule has 1 atom stereocenters. The van der Waals surface area contributed by atoms with Gasteiger partial charge in [-0.1, -0.05) is 48.0 Å². The second-order valence-corrected chi connectivity index (χ2v) is 9.12. The zero-order valence-corrected chi connectivity index (χ0v) is 19.3. The fourth-order valence-electron chi connectivity index (χ4n) is 3.06. The van der Waals surface area contributed by atoms with Crippen LogP contribution in [0.3, 0.4) is 0 Å². The molecule has 0 fully saturated rings. The third-order valence-corrected chi connectivity index (χ3v) is 6.29. The number of nitrogens with one attached hydrogen (secondary N) is 2. The van der Waals surface area contributed by atoms with E-state index in [1.807, 2.05) is 19.1 Å². The van der Waals surface area contributed by atoms with Crippen molar-refractivity contribution >= 4 is 22.1 Å². The molecule has 2 N–H and O–H groups in total. The number of nitrogens with zero attached hydrogens (tertiary/aromatic N) is 2. The first-order valence-electron chi connectivity index (χ1n) is 10.4. The van der Waals surface area contributed by atoms with Gasteiger partial charge in [-0.25, -0.2) is 18.6 Å². The summed E-state index contributed by atoms with van der Waals surface area (Å²) in [6.45, 7) is 1.83. The molecular weight excluding hydrogens is 452 g/mol. The summed E-state index contributed by atoms with van der Waals surface area (Å²) in [5.74, 6) is 0.0972. The Morgan fingerprint density at radius 1 is 1.06 bits per heavy atom. The minimum absolute atomic E-state index is 0.0419. The Labute approximate surface area is 198 Å². The Balaban J connectivity index is 1.67. The van der Waals surface area contributed by atoms with Crippen LogP contribution in [0.2, 0.25) is 0 Å². The highest BCUT2D eigenvalue weighted by molar-refractivity contribution is 7.89. The molecule has 3 aromatic rings. The molecular formula is C25H24N4O4S. The van der Waals surface area contributed by atoms with E-state index in [0.29, 0.717) is 16.9 Å². The van der Waals surface area contributed by atoms with E-state index in [1.54, 1.807) is 60.7 Å². The number of sulfonamides is 1. The molecule has 9 heteroatoms. The number of hydrogen-bond donors (Lipinski definition) is 2. The molecule has 0 saturated heterocycles. The van der Waals surface area contributed by atoms with Crippen molar-refractivity contribution in [2.45, 2.75) is 24.3 Å². The highest BCUT2D eigenvalue weighted by Gasteiger charge is 2.23. The predicted molar refractivity (Wildman–Crippen MR) is 129 cm³/mol. The van der Waals surface area contributed by atoms with Crippen LogP contribution in [0.5, 0.6) is 5.75 Å². The van der Waals surface area contributed by atoms with Crippen molar-refractivity contribution in [1.29, 1.82) is 5.26 Å². The molecule has 1 amide bonds. The maximum absolute atomic E-state index is 12.9.